The van der Waals surface area contributed by atoms with E-state index in [1.807, 2.05) is 6.07 Å². The highest BCUT2D eigenvalue weighted by molar-refractivity contribution is 7.92. The highest BCUT2D eigenvalue weighted by Gasteiger charge is 2.32. The summed E-state index contributed by atoms with van der Waals surface area (Å²) >= 11 is 0. The molecule has 0 aliphatic heterocycles. The summed E-state index contributed by atoms with van der Waals surface area (Å²) in [6, 6.07) is 10.6. The Morgan fingerprint density at radius 2 is 1.64 bits per heavy atom. The molecule has 0 spiro atoms. The van der Waals surface area contributed by atoms with Crippen LogP contribution in [0.2, 0.25) is 0 Å². The van der Waals surface area contributed by atoms with E-state index in [2.05, 4.69) is 5.32 Å². The molecule has 1 atom stereocenters. The molecule has 1 aliphatic carbocycles. The van der Waals surface area contributed by atoms with E-state index in [1.165, 1.54) is 11.0 Å². The standard InChI is InChI=1S/C27H36FN3O4S/c1-19-11-10-12-20(2)26(19)31(36(4,34)35)18-25(32)30(17-22-13-8-9-16-24(22)28)21(3)27(33)29-23-14-6-5-7-15-23/h8-13,16,21,23H,5-7,14-15,17-18H2,1-4H3,(H,29,33). The maximum absolute atomic E-state index is 14.5. The van der Waals surface area contributed by atoms with Gasteiger partial charge in [-0.25, -0.2) is 12.8 Å². The van der Waals surface area contributed by atoms with Gasteiger partial charge in [-0.2, -0.15) is 0 Å². The molecule has 1 unspecified atom stereocenters. The van der Waals surface area contributed by atoms with Gasteiger partial charge >= 0.3 is 0 Å². The predicted octanol–water partition coefficient (Wildman–Crippen LogP) is 4.07. The predicted molar refractivity (Wildman–Crippen MR) is 140 cm³/mol. The van der Waals surface area contributed by atoms with Gasteiger partial charge in [0.25, 0.3) is 0 Å². The summed E-state index contributed by atoms with van der Waals surface area (Å²) in [7, 11) is -3.83. The van der Waals surface area contributed by atoms with Gasteiger partial charge in [0.15, 0.2) is 0 Å². The fourth-order valence-corrected chi connectivity index (χ4v) is 5.70. The third kappa shape index (κ3) is 6.84. The monoisotopic (exact) mass is 517 g/mol. The van der Waals surface area contributed by atoms with Gasteiger partial charge in [0, 0.05) is 18.2 Å². The number of anilines is 1. The maximum atomic E-state index is 14.5. The first kappa shape index (κ1) is 27.6. The van der Waals surface area contributed by atoms with E-state index in [0.29, 0.717) is 16.8 Å². The molecular weight excluding hydrogens is 481 g/mol. The lowest BCUT2D eigenvalue weighted by Crippen LogP contribution is -2.53. The SMILES string of the molecule is Cc1cccc(C)c1N(CC(=O)N(Cc1ccccc1F)C(C)C(=O)NC1CCCCC1)S(C)(=O)=O. The summed E-state index contributed by atoms with van der Waals surface area (Å²) in [5.41, 5.74) is 2.09. The fourth-order valence-electron chi connectivity index (χ4n) is 4.74. The van der Waals surface area contributed by atoms with Crippen LogP contribution < -0.4 is 9.62 Å². The Morgan fingerprint density at radius 3 is 2.22 bits per heavy atom. The van der Waals surface area contributed by atoms with E-state index in [1.54, 1.807) is 51.1 Å². The number of sulfonamides is 1. The van der Waals surface area contributed by atoms with Crippen LogP contribution >= 0.6 is 0 Å². The molecule has 0 heterocycles. The molecule has 7 nitrogen and oxygen atoms in total. The molecule has 0 bridgehead atoms. The second kappa shape index (κ2) is 11.9. The van der Waals surface area contributed by atoms with E-state index in [9.17, 15) is 22.4 Å². The third-order valence-electron chi connectivity index (χ3n) is 6.79. The van der Waals surface area contributed by atoms with Crippen molar-refractivity contribution in [2.75, 3.05) is 17.1 Å². The van der Waals surface area contributed by atoms with Crippen LogP contribution in [0.1, 0.15) is 55.7 Å². The number of halogens is 1. The normalized spacial score (nSPS) is 15.2. The molecule has 0 saturated heterocycles. The van der Waals surface area contributed by atoms with E-state index in [-0.39, 0.29) is 24.1 Å². The maximum Gasteiger partial charge on any atom is 0.244 e. The molecule has 2 aromatic carbocycles. The lowest BCUT2D eigenvalue weighted by molar-refractivity contribution is -0.139. The van der Waals surface area contributed by atoms with E-state index < -0.39 is 34.3 Å². The lowest BCUT2D eigenvalue weighted by Gasteiger charge is -2.33. The van der Waals surface area contributed by atoms with Gasteiger partial charge in [0.2, 0.25) is 21.8 Å². The Balaban J connectivity index is 1.92. The first-order valence-corrected chi connectivity index (χ1v) is 14.2. The average Bonchev–Trinajstić information content (AvgIpc) is 2.82. The lowest BCUT2D eigenvalue weighted by atomic mass is 9.95. The minimum atomic E-state index is -3.83. The van der Waals surface area contributed by atoms with Crippen LogP contribution in [-0.2, 0) is 26.2 Å². The molecule has 1 saturated carbocycles. The van der Waals surface area contributed by atoms with Gasteiger partial charge in [-0.15, -0.1) is 0 Å². The third-order valence-corrected chi connectivity index (χ3v) is 7.90. The summed E-state index contributed by atoms with van der Waals surface area (Å²) in [6.45, 7) is 4.50. The molecule has 0 radical (unpaired) electrons. The van der Waals surface area contributed by atoms with E-state index in [4.69, 9.17) is 0 Å². The molecular formula is C27H36FN3O4S. The first-order valence-electron chi connectivity index (χ1n) is 12.4. The number of para-hydroxylation sites is 1. The van der Waals surface area contributed by atoms with Crippen LogP contribution in [-0.4, -0.2) is 50.0 Å². The van der Waals surface area contributed by atoms with Crippen molar-refractivity contribution in [1.29, 1.82) is 0 Å². The van der Waals surface area contributed by atoms with Crippen molar-refractivity contribution in [1.82, 2.24) is 10.2 Å². The first-order chi connectivity index (χ1) is 17.0. The largest absolute Gasteiger partial charge is 0.352 e. The van der Waals surface area contributed by atoms with E-state index in [0.717, 1.165) is 42.7 Å². The quantitative estimate of drug-likeness (QED) is 0.543. The van der Waals surface area contributed by atoms with Crippen LogP contribution in [0.25, 0.3) is 0 Å². The Bertz CT molecular complexity index is 1180. The van der Waals surface area contributed by atoms with Crippen molar-refractivity contribution >= 4 is 27.5 Å². The number of rotatable bonds is 9. The molecule has 3 rings (SSSR count). The number of carbonyl (C=O) groups is 2. The summed E-state index contributed by atoms with van der Waals surface area (Å²) in [5, 5.41) is 3.03. The Labute approximate surface area is 213 Å². The number of benzene rings is 2. The van der Waals surface area contributed by atoms with Crippen molar-refractivity contribution in [3.63, 3.8) is 0 Å². The molecule has 36 heavy (non-hydrogen) atoms. The molecule has 1 N–H and O–H groups in total. The zero-order valence-electron chi connectivity index (χ0n) is 21.5. The fraction of sp³-hybridized carbons (Fsp3) is 0.481. The smallest absolute Gasteiger partial charge is 0.244 e. The second-order valence-electron chi connectivity index (χ2n) is 9.64. The summed E-state index contributed by atoms with van der Waals surface area (Å²) < 4.78 is 41.2. The number of hydrogen-bond donors (Lipinski definition) is 1. The average molecular weight is 518 g/mol. The van der Waals surface area contributed by atoms with Crippen molar-refractivity contribution in [3.8, 4) is 0 Å². The zero-order valence-corrected chi connectivity index (χ0v) is 22.3. The van der Waals surface area contributed by atoms with Gasteiger partial charge in [0.1, 0.15) is 18.4 Å². The van der Waals surface area contributed by atoms with Gasteiger partial charge in [-0.05, 0) is 50.8 Å². The summed E-state index contributed by atoms with van der Waals surface area (Å²) in [4.78, 5) is 28.1. The molecule has 1 aliphatic rings. The topological polar surface area (TPSA) is 86.8 Å². The molecule has 1 fully saturated rings. The molecule has 0 aromatic heterocycles. The highest BCUT2D eigenvalue weighted by Crippen LogP contribution is 2.27. The molecule has 2 amide bonds. The molecule has 196 valence electrons. The zero-order chi connectivity index (χ0) is 26.5. The number of aryl methyl sites for hydroxylation is 2. The van der Waals surface area contributed by atoms with Crippen molar-refractivity contribution in [3.05, 3.63) is 65.0 Å². The van der Waals surface area contributed by atoms with Crippen LogP contribution in [0.15, 0.2) is 42.5 Å². The molecule has 2 aromatic rings. The van der Waals surface area contributed by atoms with Gasteiger partial charge in [-0.1, -0.05) is 55.7 Å². The summed E-state index contributed by atoms with van der Waals surface area (Å²) in [6.07, 6.45) is 6.03. The minimum absolute atomic E-state index is 0.0428. The van der Waals surface area contributed by atoms with Crippen molar-refractivity contribution in [2.45, 2.75) is 71.5 Å². The highest BCUT2D eigenvalue weighted by atomic mass is 32.2. The summed E-state index contributed by atoms with van der Waals surface area (Å²) in [5.74, 6) is -1.41. The number of hydrogen-bond acceptors (Lipinski definition) is 4. The van der Waals surface area contributed by atoms with Crippen LogP contribution in [0.3, 0.4) is 0 Å². The second-order valence-corrected chi connectivity index (χ2v) is 11.5. The van der Waals surface area contributed by atoms with Gasteiger partial charge < -0.3 is 10.2 Å². The minimum Gasteiger partial charge on any atom is -0.352 e. The van der Waals surface area contributed by atoms with Crippen molar-refractivity contribution in [2.24, 2.45) is 0 Å². The number of amides is 2. The van der Waals surface area contributed by atoms with Crippen LogP contribution in [0.4, 0.5) is 10.1 Å². The molecule has 9 heteroatoms. The van der Waals surface area contributed by atoms with Crippen LogP contribution in [0, 0.1) is 19.7 Å². The van der Waals surface area contributed by atoms with Gasteiger partial charge in [0.05, 0.1) is 11.9 Å². The Morgan fingerprint density at radius 1 is 1.03 bits per heavy atom. The van der Waals surface area contributed by atoms with Crippen LogP contribution in [0.5, 0.6) is 0 Å². The van der Waals surface area contributed by atoms with Gasteiger partial charge in [-0.3, -0.25) is 13.9 Å². The number of carbonyl (C=O) groups excluding carboxylic acids is 2. The Hall–Kier alpha value is -2.94. The van der Waals surface area contributed by atoms with Crippen molar-refractivity contribution < 1.29 is 22.4 Å². The Kier molecular flexibility index (Phi) is 9.11. The van der Waals surface area contributed by atoms with E-state index >= 15 is 0 Å². The number of nitrogens with zero attached hydrogens (tertiary/aromatic N) is 2. The number of nitrogens with one attached hydrogen (secondary N) is 1.